The van der Waals surface area contributed by atoms with E-state index in [0.717, 1.165) is 0 Å². The Hall–Kier alpha value is -1.42. The van der Waals surface area contributed by atoms with Gasteiger partial charge in [0.15, 0.2) is 6.29 Å². The molecule has 0 aromatic carbocycles. The molecule has 1 aliphatic rings. The highest BCUT2D eigenvalue weighted by Crippen LogP contribution is 2.21. The maximum atomic E-state index is 11.4. The van der Waals surface area contributed by atoms with Crippen LogP contribution in [0.15, 0.2) is 5.11 Å². The largest absolute Gasteiger partial charge is 0.394 e. The second kappa shape index (κ2) is 7.24. The van der Waals surface area contributed by atoms with E-state index in [1.807, 2.05) is 0 Å². The number of methoxy groups -OCH3 is 1. The Kier molecular flexibility index (Phi) is 5.96. The van der Waals surface area contributed by atoms with E-state index in [1.165, 1.54) is 7.11 Å². The number of ether oxygens (including phenoxy) is 2. The van der Waals surface area contributed by atoms with Crippen molar-refractivity contribution in [1.29, 1.82) is 0 Å². The molecule has 0 aromatic heterocycles. The van der Waals surface area contributed by atoms with Gasteiger partial charge < -0.3 is 30.1 Å². The van der Waals surface area contributed by atoms with Gasteiger partial charge in [0.1, 0.15) is 30.9 Å². The summed E-state index contributed by atoms with van der Waals surface area (Å²) in [5, 5.41) is 33.9. The van der Waals surface area contributed by atoms with Crippen molar-refractivity contribution in [2.24, 2.45) is 5.11 Å². The predicted molar refractivity (Wildman–Crippen MR) is 60.7 cm³/mol. The molecule has 10 nitrogen and oxygen atoms in total. The number of nitrogens with one attached hydrogen (secondary N) is 1. The Morgan fingerprint density at radius 1 is 1.53 bits per heavy atom. The summed E-state index contributed by atoms with van der Waals surface area (Å²) in [6.45, 7) is -0.951. The molecule has 19 heavy (non-hydrogen) atoms. The van der Waals surface area contributed by atoms with Crippen LogP contribution in [0.2, 0.25) is 0 Å². The minimum atomic E-state index is -1.38. The smallest absolute Gasteiger partial charge is 0.226 e. The van der Waals surface area contributed by atoms with Crippen molar-refractivity contribution < 1.29 is 29.6 Å². The van der Waals surface area contributed by atoms with Gasteiger partial charge in [-0.05, 0) is 5.53 Å². The first-order valence-electron chi connectivity index (χ1n) is 5.50. The van der Waals surface area contributed by atoms with E-state index in [4.69, 9.17) is 20.1 Å². The molecule has 0 saturated carbocycles. The fourth-order valence-corrected chi connectivity index (χ4v) is 1.76. The number of nitrogens with zero attached hydrogens (tertiary/aromatic N) is 3. The number of rotatable bonds is 5. The summed E-state index contributed by atoms with van der Waals surface area (Å²) in [6, 6.07) is -1.04. The quantitative estimate of drug-likeness (QED) is 0.255. The summed E-state index contributed by atoms with van der Waals surface area (Å²) >= 11 is 0. The standard InChI is InChI=1S/C9H16N4O6/c1-18-9-6(12-5(15)2-11-13-10)8(17)7(16)4(3-14)19-9/h4,6-9,14,16-17H,2-3H2,1H3,(H,12,15)/t4-,6-,7+,8-,9+/m1/s1. The summed E-state index contributed by atoms with van der Waals surface area (Å²) in [4.78, 5) is 13.8. The van der Waals surface area contributed by atoms with Crippen LogP contribution >= 0.6 is 0 Å². The summed E-state index contributed by atoms with van der Waals surface area (Å²) in [5.41, 5.74) is 8.09. The van der Waals surface area contributed by atoms with Gasteiger partial charge in [0.05, 0.1) is 6.61 Å². The van der Waals surface area contributed by atoms with Crippen LogP contribution in [0.1, 0.15) is 0 Å². The normalized spacial score (nSPS) is 34.4. The molecule has 0 aromatic rings. The SMILES string of the molecule is CO[C@H]1O[C@H](CO)[C@H](O)[C@H](O)[C@H]1NC(=O)CN=[N+]=[N-]. The van der Waals surface area contributed by atoms with Crippen LogP contribution in [0.3, 0.4) is 0 Å². The summed E-state index contributed by atoms with van der Waals surface area (Å²) in [5.74, 6) is -0.651. The number of azide groups is 1. The van der Waals surface area contributed by atoms with Crippen LogP contribution in [0, 0.1) is 0 Å². The van der Waals surface area contributed by atoms with Gasteiger partial charge in [-0.1, -0.05) is 5.11 Å². The molecule has 108 valence electrons. The lowest BCUT2D eigenvalue weighted by Crippen LogP contribution is -2.64. The molecular formula is C9H16N4O6. The maximum absolute atomic E-state index is 11.4. The zero-order chi connectivity index (χ0) is 14.4. The number of amides is 1. The van der Waals surface area contributed by atoms with Gasteiger partial charge in [0.25, 0.3) is 0 Å². The van der Waals surface area contributed by atoms with E-state index >= 15 is 0 Å². The third-order valence-electron chi connectivity index (χ3n) is 2.72. The maximum Gasteiger partial charge on any atom is 0.226 e. The van der Waals surface area contributed by atoms with Crippen molar-refractivity contribution in [2.45, 2.75) is 30.6 Å². The van der Waals surface area contributed by atoms with E-state index in [-0.39, 0.29) is 0 Å². The average molecular weight is 276 g/mol. The Balaban J connectivity index is 2.73. The van der Waals surface area contributed by atoms with Crippen LogP contribution < -0.4 is 5.32 Å². The fraction of sp³-hybridized carbons (Fsp3) is 0.889. The van der Waals surface area contributed by atoms with Crippen molar-refractivity contribution in [2.75, 3.05) is 20.3 Å². The van der Waals surface area contributed by atoms with Crippen molar-refractivity contribution in [1.82, 2.24) is 5.32 Å². The van der Waals surface area contributed by atoms with Crippen LogP contribution in [0.5, 0.6) is 0 Å². The number of aliphatic hydroxyl groups is 3. The second-order valence-electron chi connectivity index (χ2n) is 3.92. The van der Waals surface area contributed by atoms with Gasteiger partial charge in [0, 0.05) is 12.0 Å². The highest BCUT2D eigenvalue weighted by Gasteiger charge is 2.45. The van der Waals surface area contributed by atoms with Crippen molar-refractivity contribution in [3.8, 4) is 0 Å². The van der Waals surface area contributed by atoms with Crippen molar-refractivity contribution in [3.05, 3.63) is 10.4 Å². The van der Waals surface area contributed by atoms with E-state index in [9.17, 15) is 15.0 Å². The molecule has 1 fully saturated rings. The Morgan fingerprint density at radius 3 is 2.74 bits per heavy atom. The minimum absolute atomic E-state index is 0.449. The summed E-state index contributed by atoms with van der Waals surface area (Å²) in [6.07, 6.45) is -4.80. The van der Waals surface area contributed by atoms with Crippen LogP contribution in [0.25, 0.3) is 10.4 Å². The lowest BCUT2D eigenvalue weighted by atomic mass is 9.97. The third kappa shape index (κ3) is 3.77. The number of carbonyl (C=O) groups excluding carboxylic acids is 1. The van der Waals surface area contributed by atoms with Crippen LogP contribution in [-0.4, -0.2) is 72.1 Å². The van der Waals surface area contributed by atoms with E-state index in [2.05, 4.69) is 15.3 Å². The molecule has 5 atom stereocenters. The molecule has 1 saturated heterocycles. The molecule has 0 radical (unpaired) electrons. The summed E-state index contributed by atoms with van der Waals surface area (Å²) < 4.78 is 10.1. The molecule has 1 amide bonds. The van der Waals surface area contributed by atoms with Crippen molar-refractivity contribution >= 4 is 5.91 Å². The van der Waals surface area contributed by atoms with Crippen LogP contribution in [-0.2, 0) is 14.3 Å². The Labute approximate surface area is 108 Å². The second-order valence-corrected chi connectivity index (χ2v) is 3.92. The Bertz CT molecular complexity index is 359. The lowest BCUT2D eigenvalue weighted by Gasteiger charge is -2.41. The lowest BCUT2D eigenvalue weighted by molar-refractivity contribution is -0.262. The monoisotopic (exact) mass is 276 g/mol. The highest BCUT2D eigenvalue weighted by molar-refractivity contribution is 5.78. The molecular weight excluding hydrogens is 260 g/mol. The molecule has 0 unspecified atom stereocenters. The van der Waals surface area contributed by atoms with Crippen molar-refractivity contribution in [3.63, 3.8) is 0 Å². The molecule has 0 bridgehead atoms. The first-order valence-corrected chi connectivity index (χ1v) is 5.50. The zero-order valence-electron chi connectivity index (χ0n) is 10.2. The number of carbonyl (C=O) groups is 1. The highest BCUT2D eigenvalue weighted by atomic mass is 16.7. The van der Waals surface area contributed by atoms with Gasteiger partial charge in [-0.2, -0.15) is 0 Å². The number of hydrogen-bond donors (Lipinski definition) is 4. The number of aliphatic hydroxyl groups excluding tert-OH is 3. The molecule has 1 heterocycles. The molecule has 0 spiro atoms. The van der Waals surface area contributed by atoms with Gasteiger partial charge in [-0.15, -0.1) is 0 Å². The topological polar surface area (TPSA) is 157 Å². The minimum Gasteiger partial charge on any atom is -0.394 e. The Morgan fingerprint density at radius 2 is 2.21 bits per heavy atom. The van der Waals surface area contributed by atoms with Crippen LogP contribution in [0.4, 0.5) is 0 Å². The molecule has 1 aliphatic heterocycles. The van der Waals surface area contributed by atoms with Gasteiger partial charge in [-0.25, -0.2) is 0 Å². The summed E-state index contributed by atoms with van der Waals surface area (Å²) in [7, 11) is 1.29. The molecule has 1 rings (SSSR count). The first-order chi connectivity index (χ1) is 9.04. The third-order valence-corrected chi connectivity index (χ3v) is 2.72. The molecule has 10 heteroatoms. The molecule has 4 N–H and O–H groups in total. The predicted octanol–water partition coefficient (Wildman–Crippen LogP) is -2.13. The first kappa shape index (κ1) is 15.6. The fourth-order valence-electron chi connectivity index (χ4n) is 1.76. The van der Waals surface area contributed by atoms with Gasteiger partial charge in [-0.3, -0.25) is 4.79 Å². The van der Waals surface area contributed by atoms with Gasteiger partial charge >= 0.3 is 0 Å². The van der Waals surface area contributed by atoms with E-state index in [0.29, 0.717) is 0 Å². The van der Waals surface area contributed by atoms with Gasteiger partial charge in [0.2, 0.25) is 5.91 Å². The van der Waals surface area contributed by atoms with E-state index < -0.39 is 49.7 Å². The average Bonchev–Trinajstić information content (AvgIpc) is 2.42. The molecule has 0 aliphatic carbocycles. The zero-order valence-corrected chi connectivity index (χ0v) is 10.2. The van der Waals surface area contributed by atoms with E-state index in [1.54, 1.807) is 0 Å². The number of hydrogen-bond acceptors (Lipinski definition) is 7.